The van der Waals surface area contributed by atoms with Crippen LogP contribution in [0.3, 0.4) is 0 Å². The highest BCUT2D eigenvalue weighted by molar-refractivity contribution is 6.30. The van der Waals surface area contributed by atoms with Crippen molar-refractivity contribution < 1.29 is 9.31 Å². The fraction of sp³-hybridized carbons (Fsp3) is 0.222. The summed E-state index contributed by atoms with van der Waals surface area (Å²) in [4.78, 5) is 9.91. The largest absolute Gasteiger partial charge is 0.271 e. The first kappa shape index (κ1) is 10.9. The zero-order chi connectivity index (χ0) is 10.7. The van der Waals surface area contributed by atoms with Crippen LogP contribution in [-0.2, 0) is 0 Å². The van der Waals surface area contributed by atoms with E-state index in [0.29, 0.717) is 11.5 Å². The second-order valence-corrected chi connectivity index (χ2v) is 3.31. The minimum atomic E-state index is -0.641. The number of halogens is 2. The molecule has 1 aromatic carbocycles. The Bertz CT molecular complexity index is 357. The third-order valence-corrected chi connectivity index (χ3v) is 2.00. The number of non-ortho nitro benzene ring substituents is 1. The van der Waals surface area contributed by atoms with Gasteiger partial charge in [-0.3, -0.25) is 14.5 Å². The predicted molar refractivity (Wildman–Crippen MR) is 52.1 cm³/mol. The van der Waals surface area contributed by atoms with Crippen molar-refractivity contribution in [1.29, 1.82) is 0 Å². The van der Waals surface area contributed by atoms with Crippen LogP contribution in [0.15, 0.2) is 18.2 Å². The molecule has 14 heavy (non-hydrogen) atoms. The van der Waals surface area contributed by atoms with Crippen LogP contribution in [-0.4, -0.2) is 11.6 Å². The normalized spacial score (nSPS) is 10.6. The predicted octanol–water partition coefficient (Wildman–Crippen LogP) is 3.16. The molecule has 0 saturated heterocycles. The van der Waals surface area contributed by atoms with Gasteiger partial charge in [0.1, 0.15) is 0 Å². The summed E-state index contributed by atoms with van der Waals surface area (Å²) in [6.07, 6.45) is 0. The van der Waals surface area contributed by atoms with E-state index in [4.69, 9.17) is 11.6 Å². The molecule has 0 amide bonds. The van der Waals surface area contributed by atoms with Gasteiger partial charge < -0.3 is 0 Å². The highest BCUT2D eigenvalue weighted by Crippen LogP contribution is 2.25. The van der Waals surface area contributed by atoms with Gasteiger partial charge in [0.15, 0.2) is 0 Å². The second kappa shape index (κ2) is 4.37. The zero-order valence-corrected chi connectivity index (χ0v) is 8.21. The number of nitro groups is 1. The Balaban J connectivity index is 3.13. The monoisotopic (exact) mass is 216 g/mol. The van der Waals surface area contributed by atoms with E-state index in [1.807, 2.05) is 0 Å². The molecule has 1 rings (SSSR count). The molecule has 0 fully saturated rings. The minimum Gasteiger partial charge on any atom is -0.258 e. The fourth-order valence-corrected chi connectivity index (χ4v) is 1.23. The lowest BCUT2D eigenvalue weighted by atomic mass is 10.0. The maximum atomic E-state index is 12.3. The number of hydrogen-bond donors (Lipinski definition) is 0. The summed E-state index contributed by atoms with van der Waals surface area (Å²) in [5, 5.41) is 10.7. The molecule has 0 heterocycles. The lowest BCUT2D eigenvalue weighted by Crippen LogP contribution is -1.98. The average Bonchev–Trinajstić information content (AvgIpc) is 2.15. The summed E-state index contributed by atoms with van der Waals surface area (Å²) >= 11 is 5.65. The molecule has 0 aromatic heterocycles. The van der Waals surface area contributed by atoms with Crippen LogP contribution in [0.1, 0.15) is 12.5 Å². The lowest BCUT2D eigenvalue weighted by molar-refractivity contribution is -0.384. The van der Waals surface area contributed by atoms with Crippen molar-refractivity contribution in [2.45, 2.75) is 6.92 Å². The van der Waals surface area contributed by atoms with Crippen LogP contribution in [0, 0.1) is 16.0 Å². The van der Waals surface area contributed by atoms with Crippen LogP contribution in [0.25, 0.3) is 0 Å². The summed E-state index contributed by atoms with van der Waals surface area (Å²) < 4.78 is 12.3. The van der Waals surface area contributed by atoms with E-state index in [1.54, 1.807) is 6.92 Å². The van der Waals surface area contributed by atoms with Gasteiger partial charge in [-0.2, -0.15) is 0 Å². The molecule has 0 spiro atoms. The summed E-state index contributed by atoms with van der Waals surface area (Å²) in [5.74, 6) is 0.426. The quantitative estimate of drug-likeness (QED) is 0.575. The van der Waals surface area contributed by atoms with Crippen LogP contribution in [0.4, 0.5) is 10.1 Å². The van der Waals surface area contributed by atoms with Gasteiger partial charge >= 0.3 is 0 Å². The number of alkyl halides is 1. The maximum absolute atomic E-state index is 12.3. The Hall–Kier alpha value is -1.16. The van der Waals surface area contributed by atoms with Gasteiger partial charge in [0.2, 0.25) is 0 Å². The molecule has 0 aliphatic heterocycles. The summed E-state index contributed by atoms with van der Waals surface area (Å²) in [5.41, 5.74) is 0.340. The van der Waals surface area contributed by atoms with Crippen LogP contribution in [0.5, 0.6) is 0 Å². The average molecular weight is 217 g/mol. The lowest BCUT2D eigenvalue weighted by Gasteiger charge is -2.06. The Kier molecular flexibility index (Phi) is 3.41. The molecular weight excluding hydrogens is 209 g/mol. The first-order valence-corrected chi connectivity index (χ1v) is 4.26. The Morgan fingerprint density at radius 3 is 2.71 bits per heavy atom. The molecule has 0 bridgehead atoms. The third kappa shape index (κ3) is 2.42. The highest BCUT2D eigenvalue weighted by atomic mass is 35.5. The Morgan fingerprint density at radius 1 is 1.57 bits per heavy atom. The molecular formula is C9H8ClFNO2. The van der Waals surface area contributed by atoms with Crippen molar-refractivity contribution in [3.8, 4) is 0 Å². The third-order valence-electron chi connectivity index (χ3n) is 1.79. The SMILES string of the molecule is C[C](CF)c1cc(Cl)cc([N+](=O)[O-])c1. The summed E-state index contributed by atoms with van der Waals surface area (Å²) in [6.45, 7) is 0.923. The van der Waals surface area contributed by atoms with Crippen molar-refractivity contribution in [3.63, 3.8) is 0 Å². The van der Waals surface area contributed by atoms with E-state index < -0.39 is 11.6 Å². The highest BCUT2D eigenvalue weighted by Gasteiger charge is 2.13. The molecule has 0 aliphatic carbocycles. The number of nitrogens with zero attached hydrogens (tertiary/aromatic N) is 1. The minimum absolute atomic E-state index is 0.125. The van der Waals surface area contributed by atoms with Gasteiger partial charge in [0.25, 0.3) is 5.69 Å². The molecule has 3 nitrogen and oxygen atoms in total. The molecule has 0 saturated carbocycles. The molecule has 0 N–H and O–H groups in total. The van der Waals surface area contributed by atoms with E-state index in [0.717, 1.165) is 0 Å². The van der Waals surface area contributed by atoms with Crippen molar-refractivity contribution in [1.82, 2.24) is 0 Å². The number of hydrogen-bond acceptors (Lipinski definition) is 2. The number of benzene rings is 1. The van der Waals surface area contributed by atoms with E-state index in [2.05, 4.69) is 0 Å². The number of nitro benzene ring substituents is 1. The molecule has 1 radical (unpaired) electrons. The first-order valence-electron chi connectivity index (χ1n) is 3.88. The Labute approximate surface area is 85.6 Å². The standard InChI is InChI=1S/C9H8ClFNO2/c1-6(5-11)7-2-8(10)4-9(3-7)12(13)14/h2-4H,5H2,1H3. The van der Waals surface area contributed by atoms with Crippen LogP contribution >= 0.6 is 11.6 Å². The van der Waals surface area contributed by atoms with Crippen LogP contribution in [0.2, 0.25) is 5.02 Å². The van der Waals surface area contributed by atoms with Gasteiger partial charge in [0.05, 0.1) is 11.6 Å². The van der Waals surface area contributed by atoms with E-state index in [-0.39, 0.29) is 10.7 Å². The second-order valence-electron chi connectivity index (χ2n) is 2.87. The number of rotatable bonds is 3. The molecule has 1 aromatic rings. The first-order chi connectivity index (χ1) is 6.54. The van der Waals surface area contributed by atoms with Gasteiger partial charge in [-0.1, -0.05) is 18.5 Å². The van der Waals surface area contributed by atoms with Gasteiger partial charge in [0, 0.05) is 23.1 Å². The van der Waals surface area contributed by atoms with Crippen molar-refractivity contribution in [2.24, 2.45) is 0 Å². The van der Waals surface area contributed by atoms with E-state index in [1.165, 1.54) is 18.2 Å². The van der Waals surface area contributed by atoms with Crippen molar-refractivity contribution in [3.05, 3.63) is 44.8 Å². The zero-order valence-electron chi connectivity index (χ0n) is 7.46. The molecule has 0 aliphatic rings. The van der Waals surface area contributed by atoms with Gasteiger partial charge in [-0.15, -0.1) is 0 Å². The van der Waals surface area contributed by atoms with Gasteiger partial charge in [-0.05, 0) is 11.6 Å². The van der Waals surface area contributed by atoms with Crippen molar-refractivity contribution in [2.75, 3.05) is 6.67 Å². The maximum Gasteiger partial charge on any atom is 0.271 e. The van der Waals surface area contributed by atoms with E-state index in [9.17, 15) is 14.5 Å². The van der Waals surface area contributed by atoms with Crippen LogP contribution < -0.4 is 0 Å². The molecule has 75 valence electrons. The van der Waals surface area contributed by atoms with Gasteiger partial charge in [-0.25, -0.2) is 0 Å². The molecule has 0 unspecified atom stereocenters. The molecule has 5 heteroatoms. The topological polar surface area (TPSA) is 43.1 Å². The Morgan fingerprint density at radius 2 is 2.21 bits per heavy atom. The summed E-state index contributed by atoms with van der Waals surface area (Å²) in [7, 11) is 0. The smallest absolute Gasteiger partial charge is 0.258 e. The van der Waals surface area contributed by atoms with Crippen molar-refractivity contribution >= 4 is 17.3 Å². The fourth-order valence-electron chi connectivity index (χ4n) is 1.00. The van der Waals surface area contributed by atoms with E-state index >= 15 is 0 Å². The molecule has 0 atom stereocenters. The summed E-state index contributed by atoms with van der Waals surface area (Å²) in [6, 6.07) is 4.04.